The number of amides is 1. The summed E-state index contributed by atoms with van der Waals surface area (Å²) in [4.78, 5) is 14.6. The van der Waals surface area contributed by atoms with Crippen molar-refractivity contribution in [1.29, 1.82) is 0 Å². The number of hydrogen-bond acceptors (Lipinski definition) is 2. The molecule has 0 saturated carbocycles. The molecular formula is C18H28N2O. The third kappa shape index (κ3) is 4.07. The molecule has 3 nitrogen and oxygen atoms in total. The van der Waals surface area contributed by atoms with Crippen molar-refractivity contribution in [2.75, 3.05) is 19.6 Å². The van der Waals surface area contributed by atoms with Gasteiger partial charge in [0.25, 0.3) is 5.91 Å². The Morgan fingerprint density at radius 1 is 1.29 bits per heavy atom. The van der Waals surface area contributed by atoms with E-state index in [4.69, 9.17) is 0 Å². The first-order valence-electron chi connectivity index (χ1n) is 8.05. The summed E-state index contributed by atoms with van der Waals surface area (Å²) in [5.41, 5.74) is 2.20. The zero-order valence-electron chi connectivity index (χ0n) is 13.8. The molecule has 1 aromatic rings. The number of likely N-dealkylation sites (N-methyl/N-ethyl adjacent to an activating group) is 1. The third-order valence-electron chi connectivity index (χ3n) is 4.20. The second kappa shape index (κ2) is 6.61. The van der Waals surface area contributed by atoms with Gasteiger partial charge in [-0.2, -0.15) is 0 Å². The second-order valence-electron chi connectivity index (χ2n) is 6.98. The Bertz CT molecular complexity index is 471. The number of rotatable bonds is 3. The first-order valence-corrected chi connectivity index (χ1v) is 8.05. The molecule has 1 unspecified atom stereocenters. The van der Waals surface area contributed by atoms with E-state index in [2.05, 4.69) is 45.1 Å². The first kappa shape index (κ1) is 16.0. The first-order chi connectivity index (χ1) is 9.91. The maximum absolute atomic E-state index is 12.6. The van der Waals surface area contributed by atoms with Gasteiger partial charge in [-0.1, -0.05) is 39.8 Å². The standard InChI is InChI=1S/C18H28N2O/c1-5-19-16-7-6-12-20(13-16)17(21)14-8-10-15(11-9-14)18(2,3)4/h8-11,16,19H,5-7,12-13H2,1-4H3. The molecule has 1 aliphatic heterocycles. The van der Waals surface area contributed by atoms with Crippen molar-refractivity contribution in [3.05, 3.63) is 35.4 Å². The summed E-state index contributed by atoms with van der Waals surface area (Å²) in [6, 6.07) is 8.55. The van der Waals surface area contributed by atoms with Crippen LogP contribution in [0.25, 0.3) is 0 Å². The zero-order valence-corrected chi connectivity index (χ0v) is 13.8. The average Bonchev–Trinajstić information content (AvgIpc) is 2.46. The molecule has 1 N–H and O–H groups in total. The fourth-order valence-electron chi connectivity index (χ4n) is 2.91. The van der Waals surface area contributed by atoms with Crippen molar-refractivity contribution in [3.8, 4) is 0 Å². The number of benzene rings is 1. The molecule has 2 rings (SSSR count). The zero-order chi connectivity index (χ0) is 15.5. The summed E-state index contributed by atoms with van der Waals surface area (Å²) in [6.45, 7) is 11.4. The summed E-state index contributed by atoms with van der Waals surface area (Å²) in [6.07, 6.45) is 2.25. The molecule has 116 valence electrons. The van der Waals surface area contributed by atoms with Crippen molar-refractivity contribution in [2.24, 2.45) is 0 Å². The number of hydrogen-bond donors (Lipinski definition) is 1. The molecule has 1 fully saturated rings. The summed E-state index contributed by atoms with van der Waals surface area (Å²) in [7, 11) is 0. The molecule has 1 atom stereocenters. The van der Waals surface area contributed by atoms with Gasteiger partial charge in [0.15, 0.2) is 0 Å². The Morgan fingerprint density at radius 2 is 1.95 bits per heavy atom. The Labute approximate surface area is 128 Å². The molecule has 1 heterocycles. The lowest BCUT2D eigenvalue weighted by atomic mass is 9.86. The van der Waals surface area contributed by atoms with Crippen LogP contribution in [0.4, 0.5) is 0 Å². The van der Waals surface area contributed by atoms with Gasteiger partial charge in [-0.15, -0.1) is 0 Å². The minimum atomic E-state index is 0.128. The Kier molecular flexibility index (Phi) is 5.04. The van der Waals surface area contributed by atoms with E-state index in [9.17, 15) is 4.79 Å². The van der Waals surface area contributed by atoms with Gasteiger partial charge in [0.1, 0.15) is 0 Å². The van der Waals surface area contributed by atoms with Crippen LogP contribution in [-0.2, 0) is 5.41 Å². The number of likely N-dealkylation sites (tertiary alicyclic amines) is 1. The van der Waals surface area contributed by atoms with Gasteiger partial charge < -0.3 is 10.2 Å². The van der Waals surface area contributed by atoms with Crippen LogP contribution in [0.5, 0.6) is 0 Å². The van der Waals surface area contributed by atoms with E-state index in [1.54, 1.807) is 0 Å². The van der Waals surface area contributed by atoms with Gasteiger partial charge in [-0.05, 0) is 42.5 Å². The van der Waals surface area contributed by atoms with Crippen molar-refractivity contribution in [3.63, 3.8) is 0 Å². The summed E-state index contributed by atoms with van der Waals surface area (Å²) in [5.74, 6) is 0.165. The lowest BCUT2D eigenvalue weighted by Crippen LogP contribution is -2.47. The molecule has 1 aliphatic rings. The third-order valence-corrected chi connectivity index (χ3v) is 4.20. The van der Waals surface area contributed by atoms with Crippen LogP contribution in [0.3, 0.4) is 0 Å². The summed E-state index contributed by atoms with van der Waals surface area (Å²) in [5, 5.41) is 3.46. The molecule has 21 heavy (non-hydrogen) atoms. The van der Waals surface area contributed by atoms with E-state index in [-0.39, 0.29) is 11.3 Å². The van der Waals surface area contributed by atoms with Crippen LogP contribution in [0.2, 0.25) is 0 Å². The highest BCUT2D eigenvalue weighted by atomic mass is 16.2. The number of nitrogens with one attached hydrogen (secondary N) is 1. The number of nitrogens with zero attached hydrogens (tertiary/aromatic N) is 1. The molecule has 1 aromatic carbocycles. The Morgan fingerprint density at radius 3 is 2.52 bits per heavy atom. The van der Waals surface area contributed by atoms with Gasteiger partial charge in [0.05, 0.1) is 0 Å². The van der Waals surface area contributed by atoms with Gasteiger partial charge in [-0.25, -0.2) is 0 Å². The molecule has 0 bridgehead atoms. The molecule has 0 spiro atoms. The quantitative estimate of drug-likeness (QED) is 0.926. The van der Waals surface area contributed by atoms with Crippen LogP contribution in [0, 0.1) is 0 Å². The SMILES string of the molecule is CCNC1CCCN(C(=O)c2ccc(C(C)(C)C)cc2)C1. The monoisotopic (exact) mass is 288 g/mol. The van der Waals surface area contributed by atoms with Crippen molar-refractivity contribution in [2.45, 2.75) is 52.0 Å². The molecule has 0 radical (unpaired) electrons. The highest BCUT2D eigenvalue weighted by Crippen LogP contribution is 2.23. The number of carbonyl (C=O) groups excluding carboxylic acids is 1. The molecule has 0 aliphatic carbocycles. The van der Waals surface area contributed by atoms with Crippen LogP contribution in [0.1, 0.15) is 56.5 Å². The largest absolute Gasteiger partial charge is 0.337 e. The fourth-order valence-corrected chi connectivity index (χ4v) is 2.91. The smallest absolute Gasteiger partial charge is 0.253 e. The molecular weight excluding hydrogens is 260 g/mol. The van der Waals surface area contributed by atoms with Gasteiger partial charge >= 0.3 is 0 Å². The molecule has 3 heteroatoms. The van der Waals surface area contributed by atoms with Gasteiger partial charge in [0.2, 0.25) is 0 Å². The number of carbonyl (C=O) groups is 1. The van der Waals surface area contributed by atoms with Gasteiger partial charge in [0, 0.05) is 24.7 Å². The predicted molar refractivity (Wildman–Crippen MR) is 87.7 cm³/mol. The van der Waals surface area contributed by atoms with Crippen LogP contribution >= 0.6 is 0 Å². The van der Waals surface area contributed by atoms with Gasteiger partial charge in [-0.3, -0.25) is 4.79 Å². The van der Waals surface area contributed by atoms with E-state index in [0.29, 0.717) is 6.04 Å². The Hall–Kier alpha value is -1.35. The van der Waals surface area contributed by atoms with Crippen LogP contribution < -0.4 is 5.32 Å². The minimum absolute atomic E-state index is 0.128. The second-order valence-corrected chi connectivity index (χ2v) is 6.98. The maximum atomic E-state index is 12.6. The highest BCUT2D eigenvalue weighted by Gasteiger charge is 2.24. The lowest BCUT2D eigenvalue weighted by molar-refractivity contribution is 0.0695. The Balaban J connectivity index is 2.05. The van der Waals surface area contributed by atoms with E-state index in [0.717, 1.165) is 31.6 Å². The predicted octanol–water partition coefficient (Wildman–Crippen LogP) is 3.20. The van der Waals surface area contributed by atoms with Crippen LogP contribution in [0.15, 0.2) is 24.3 Å². The van der Waals surface area contributed by atoms with E-state index >= 15 is 0 Å². The lowest BCUT2D eigenvalue weighted by Gasteiger charge is -2.33. The van der Waals surface area contributed by atoms with Crippen LogP contribution in [-0.4, -0.2) is 36.5 Å². The normalized spacial score (nSPS) is 19.6. The van der Waals surface area contributed by atoms with Crippen molar-refractivity contribution < 1.29 is 4.79 Å². The van der Waals surface area contributed by atoms with E-state index in [1.807, 2.05) is 17.0 Å². The van der Waals surface area contributed by atoms with E-state index < -0.39 is 0 Å². The molecule has 1 saturated heterocycles. The topological polar surface area (TPSA) is 32.3 Å². The van der Waals surface area contributed by atoms with Crippen molar-refractivity contribution in [1.82, 2.24) is 10.2 Å². The molecule has 1 amide bonds. The molecule has 0 aromatic heterocycles. The maximum Gasteiger partial charge on any atom is 0.253 e. The minimum Gasteiger partial charge on any atom is -0.337 e. The summed E-state index contributed by atoms with van der Waals surface area (Å²) < 4.78 is 0. The van der Waals surface area contributed by atoms with Crippen molar-refractivity contribution >= 4 is 5.91 Å². The summed E-state index contributed by atoms with van der Waals surface area (Å²) >= 11 is 0. The number of piperidine rings is 1. The average molecular weight is 288 g/mol. The fraction of sp³-hybridized carbons (Fsp3) is 0.611. The highest BCUT2D eigenvalue weighted by molar-refractivity contribution is 5.94. The van der Waals surface area contributed by atoms with E-state index in [1.165, 1.54) is 12.0 Å².